The number of aromatic nitrogens is 3. The van der Waals surface area contributed by atoms with E-state index in [0.717, 1.165) is 41.9 Å². The van der Waals surface area contributed by atoms with Gasteiger partial charge in [-0.2, -0.15) is 0 Å². The minimum Gasteiger partial charge on any atom is -0.481 e. The van der Waals surface area contributed by atoms with Crippen LogP contribution in [0, 0.1) is 18.7 Å². The predicted molar refractivity (Wildman–Crippen MR) is 180 cm³/mol. The van der Waals surface area contributed by atoms with E-state index in [-0.39, 0.29) is 17.8 Å². The molecule has 0 radical (unpaired) electrons. The summed E-state index contributed by atoms with van der Waals surface area (Å²) in [5.74, 6) is 0.825. The summed E-state index contributed by atoms with van der Waals surface area (Å²) < 4.78 is 26.4. The van der Waals surface area contributed by atoms with E-state index in [9.17, 15) is 4.79 Å². The molecule has 0 unspecified atom stereocenters. The topological polar surface area (TPSA) is 114 Å². The molecule has 2 aliphatic rings. The molecule has 6 rings (SSSR count). The number of halogens is 2. The standard InChI is InChI=1S/C35H39ClFN7O3/c1-21-26(28-9-7-23(35(43-28)47-3)15-38-16-25-8-10-30(45)41-25)12-14-39-33(21)27-5-4-6-29(31(27)36)42-34-32(37)24(11-13-40-34)19-44-17-22(18-44)20-46-2/h4-7,9,11-14,22,25,38H,8,10,15-20H2,1-3H3,(H,40,42)(H,41,45)/t25-/m1/s1. The van der Waals surface area contributed by atoms with Crippen molar-refractivity contribution in [3.8, 4) is 28.4 Å². The van der Waals surface area contributed by atoms with Gasteiger partial charge in [-0.15, -0.1) is 0 Å². The maximum absolute atomic E-state index is 15.6. The number of nitrogens with zero attached hydrogens (tertiary/aromatic N) is 4. The van der Waals surface area contributed by atoms with Crippen molar-refractivity contribution in [2.24, 2.45) is 5.92 Å². The number of benzene rings is 1. The van der Waals surface area contributed by atoms with E-state index in [4.69, 9.17) is 26.1 Å². The van der Waals surface area contributed by atoms with Crippen LogP contribution < -0.4 is 20.7 Å². The van der Waals surface area contributed by atoms with Crippen molar-refractivity contribution >= 4 is 29.0 Å². The third-order valence-electron chi connectivity index (χ3n) is 8.71. The van der Waals surface area contributed by atoms with Crippen molar-refractivity contribution < 1.29 is 18.7 Å². The third-order valence-corrected chi connectivity index (χ3v) is 9.12. The zero-order valence-corrected chi connectivity index (χ0v) is 27.5. The maximum Gasteiger partial charge on any atom is 0.220 e. The zero-order chi connectivity index (χ0) is 32.9. The second kappa shape index (κ2) is 14.7. The van der Waals surface area contributed by atoms with Crippen LogP contribution >= 0.6 is 11.6 Å². The molecular formula is C35H39ClFN7O3. The minimum absolute atomic E-state index is 0.0996. The van der Waals surface area contributed by atoms with Crippen molar-refractivity contribution in [2.75, 3.05) is 45.8 Å². The van der Waals surface area contributed by atoms with Crippen molar-refractivity contribution in [3.05, 3.63) is 82.4 Å². The number of hydrogen-bond acceptors (Lipinski definition) is 9. The van der Waals surface area contributed by atoms with Crippen LogP contribution in [0.1, 0.15) is 29.5 Å². The Hall–Kier alpha value is -4.16. The number of rotatable bonds is 13. The summed E-state index contributed by atoms with van der Waals surface area (Å²) in [4.78, 5) is 27.4. The lowest BCUT2D eigenvalue weighted by atomic mass is 9.99. The summed E-state index contributed by atoms with van der Waals surface area (Å²) in [7, 11) is 3.30. The molecule has 0 saturated carbocycles. The lowest BCUT2D eigenvalue weighted by molar-refractivity contribution is -0.119. The normalized spacial score (nSPS) is 16.6. The van der Waals surface area contributed by atoms with Crippen molar-refractivity contribution in [3.63, 3.8) is 0 Å². The number of pyridine rings is 3. The Balaban J connectivity index is 1.19. The van der Waals surface area contributed by atoms with E-state index < -0.39 is 5.82 Å². The van der Waals surface area contributed by atoms with Gasteiger partial charge in [0.25, 0.3) is 0 Å². The number of hydrogen-bond donors (Lipinski definition) is 3. The highest BCUT2D eigenvalue weighted by atomic mass is 35.5. The third kappa shape index (κ3) is 7.38. The monoisotopic (exact) mass is 659 g/mol. The fourth-order valence-corrected chi connectivity index (χ4v) is 6.51. The van der Waals surface area contributed by atoms with Crippen molar-refractivity contribution in [1.29, 1.82) is 0 Å². The van der Waals surface area contributed by atoms with Crippen LogP contribution in [-0.4, -0.2) is 72.3 Å². The van der Waals surface area contributed by atoms with Crippen LogP contribution in [0.4, 0.5) is 15.9 Å². The molecule has 2 aliphatic heterocycles. The maximum atomic E-state index is 15.6. The number of nitrogens with one attached hydrogen (secondary N) is 3. The van der Waals surface area contributed by atoms with E-state index in [1.165, 1.54) is 0 Å². The highest BCUT2D eigenvalue weighted by molar-refractivity contribution is 6.36. The molecule has 2 saturated heterocycles. The lowest BCUT2D eigenvalue weighted by Gasteiger charge is -2.38. The van der Waals surface area contributed by atoms with Crippen LogP contribution in [-0.2, 0) is 22.6 Å². The molecule has 47 heavy (non-hydrogen) atoms. The van der Waals surface area contributed by atoms with E-state index in [1.54, 1.807) is 38.7 Å². The van der Waals surface area contributed by atoms with Gasteiger partial charge < -0.3 is 25.4 Å². The average Bonchev–Trinajstić information content (AvgIpc) is 3.47. The van der Waals surface area contributed by atoms with Crippen LogP contribution in [0.25, 0.3) is 22.5 Å². The summed E-state index contributed by atoms with van der Waals surface area (Å²) in [5.41, 5.74) is 5.90. The van der Waals surface area contributed by atoms with Gasteiger partial charge in [0.1, 0.15) is 0 Å². The highest BCUT2D eigenvalue weighted by Gasteiger charge is 2.27. The van der Waals surface area contributed by atoms with Gasteiger partial charge >= 0.3 is 0 Å². The van der Waals surface area contributed by atoms with Gasteiger partial charge in [0.05, 0.1) is 35.8 Å². The van der Waals surface area contributed by atoms with E-state index in [1.807, 2.05) is 37.3 Å². The Morgan fingerprint density at radius 3 is 2.66 bits per heavy atom. The molecule has 0 spiro atoms. The number of carbonyl (C=O) groups is 1. The molecule has 3 N–H and O–H groups in total. The molecule has 1 aromatic carbocycles. The fourth-order valence-electron chi connectivity index (χ4n) is 6.25. The summed E-state index contributed by atoms with van der Waals surface area (Å²) >= 11 is 6.95. The van der Waals surface area contributed by atoms with E-state index in [0.29, 0.717) is 72.0 Å². The highest BCUT2D eigenvalue weighted by Crippen LogP contribution is 2.38. The van der Waals surface area contributed by atoms with Crippen LogP contribution in [0.2, 0.25) is 5.02 Å². The lowest BCUT2D eigenvalue weighted by Crippen LogP contribution is -2.47. The summed E-state index contributed by atoms with van der Waals surface area (Å²) in [6, 6.07) is 13.3. The van der Waals surface area contributed by atoms with Crippen LogP contribution in [0.3, 0.4) is 0 Å². The van der Waals surface area contributed by atoms with Gasteiger partial charge in [-0.3, -0.25) is 14.7 Å². The molecule has 0 aliphatic carbocycles. The van der Waals surface area contributed by atoms with Gasteiger partial charge in [0.15, 0.2) is 11.6 Å². The molecule has 5 heterocycles. The Morgan fingerprint density at radius 2 is 1.89 bits per heavy atom. The van der Waals surface area contributed by atoms with Crippen LogP contribution in [0.5, 0.6) is 5.88 Å². The van der Waals surface area contributed by atoms with Gasteiger partial charge in [-0.05, 0) is 43.2 Å². The Labute approximate surface area is 279 Å². The van der Waals surface area contributed by atoms with E-state index in [2.05, 4.69) is 30.8 Å². The minimum atomic E-state index is -0.399. The van der Waals surface area contributed by atoms with Gasteiger partial charge in [0.2, 0.25) is 11.8 Å². The van der Waals surface area contributed by atoms with Gasteiger partial charge in [-0.1, -0.05) is 29.8 Å². The second-order valence-corrected chi connectivity index (χ2v) is 12.4. The first-order valence-electron chi connectivity index (χ1n) is 15.7. The predicted octanol–water partition coefficient (Wildman–Crippen LogP) is 5.51. The molecule has 1 atom stereocenters. The number of amides is 1. The number of anilines is 2. The molecule has 12 heteroatoms. The summed E-state index contributed by atoms with van der Waals surface area (Å²) in [6.45, 7) is 6.19. The molecule has 246 valence electrons. The largest absolute Gasteiger partial charge is 0.481 e. The first kappa shape index (κ1) is 32.8. The summed E-state index contributed by atoms with van der Waals surface area (Å²) in [5, 5.41) is 9.88. The second-order valence-electron chi connectivity index (χ2n) is 12.1. The average molecular weight is 660 g/mol. The van der Waals surface area contributed by atoms with Gasteiger partial charge in [0, 0.05) is 92.9 Å². The van der Waals surface area contributed by atoms with Crippen molar-refractivity contribution in [2.45, 2.75) is 38.9 Å². The molecule has 4 aromatic rings. The Kier molecular flexibility index (Phi) is 10.3. The number of ether oxygens (including phenoxy) is 2. The van der Waals surface area contributed by atoms with Crippen LogP contribution in [0.15, 0.2) is 54.9 Å². The first-order valence-corrected chi connectivity index (χ1v) is 16.1. The SMILES string of the molecule is COCC1CN(Cc2ccnc(Nc3cccc(-c4nccc(-c5ccc(CNC[C@H]6CCC(=O)N6)c(OC)n5)c4C)c3Cl)c2F)C1. The quantitative estimate of drug-likeness (QED) is 0.171. The molecule has 3 aromatic heterocycles. The molecule has 10 nitrogen and oxygen atoms in total. The first-order chi connectivity index (χ1) is 22.8. The summed E-state index contributed by atoms with van der Waals surface area (Å²) in [6.07, 6.45) is 4.75. The zero-order valence-electron chi connectivity index (χ0n) is 26.8. The number of methoxy groups -OCH3 is 2. The smallest absolute Gasteiger partial charge is 0.220 e. The molecule has 0 bridgehead atoms. The fraction of sp³-hybridized carbons (Fsp3) is 0.371. The Morgan fingerprint density at radius 1 is 1.06 bits per heavy atom. The molecular weight excluding hydrogens is 621 g/mol. The molecule has 2 fully saturated rings. The molecule has 1 amide bonds. The number of carbonyl (C=O) groups excluding carboxylic acids is 1. The van der Waals surface area contributed by atoms with Gasteiger partial charge in [-0.25, -0.2) is 14.4 Å². The number of likely N-dealkylation sites (tertiary alicyclic amines) is 1. The Bertz CT molecular complexity index is 1750. The van der Waals surface area contributed by atoms with Crippen molar-refractivity contribution in [1.82, 2.24) is 30.5 Å². The van der Waals surface area contributed by atoms with E-state index >= 15 is 4.39 Å².